The monoisotopic (exact) mass is 235 g/mol. The smallest absolute Gasteiger partial charge is 0.0613 e. The molecule has 0 bridgehead atoms. The maximum absolute atomic E-state index is 5.85. The minimum Gasteiger partial charge on any atom is -0.336 e. The highest BCUT2D eigenvalue weighted by molar-refractivity contribution is 8.15. The van der Waals surface area contributed by atoms with Gasteiger partial charge in [-0.2, -0.15) is 0 Å². The average molecular weight is 236 g/mol. The van der Waals surface area contributed by atoms with Gasteiger partial charge in [-0.3, -0.25) is 0 Å². The molecule has 0 aliphatic carbocycles. The van der Waals surface area contributed by atoms with Crippen LogP contribution in [0.4, 0.5) is 5.69 Å². The molecule has 1 unspecified atom stereocenters. The van der Waals surface area contributed by atoms with E-state index in [0.29, 0.717) is 10.0 Å². The summed E-state index contributed by atoms with van der Waals surface area (Å²) >= 11 is 11.6. The Morgan fingerprint density at radius 2 is 2.08 bits per heavy atom. The van der Waals surface area contributed by atoms with Crippen molar-refractivity contribution >= 4 is 45.4 Å². The van der Waals surface area contributed by atoms with Crippen LogP contribution in [0.5, 0.6) is 0 Å². The molecular weight excluding hydrogens is 225 g/mol. The van der Waals surface area contributed by atoms with Crippen molar-refractivity contribution in [3.8, 4) is 0 Å². The minimum absolute atomic E-state index is 0.0446. The molecule has 0 aliphatic heterocycles. The molecule has 1 aromatic rings. The molecule has 4 heteroatoms. The van der Waals surface area contributed by atoms with Crippen molar-refractivity contribution in [3.05, 3.63) is 28.2 Å². The number of hydrogen-bond donors (Lipinski definition) is 1. The Kier molecular flexibility index (Phi) is 4.10. The molecule has 0 heterocycles. The zero-order chi connectivity index (χ0) is 9.84. The Bertz CT molecular complexity index is 325. The minimum atomic E-state index is -0.0446. The van der Waals surface area contributed by atoms with Crippen LogP contribution in [0, 0.1) is 0 Å². The second-order valence-corrected chi connectivity index (χ2v) is 5.09. The fraction of sp³-hybridized carbons (Fsp3) is 0.222. The summed E-state index contributed by atoms with van der Waals surface area (Å²) in [6.07, 6.45) is 0. The molecule has 0 spiro atoms. The van der Waals surface area contributed by atoms with Gasteiger partial charge in [0.2, 0.25) is 0 Å². The number of nitrogens with one attached hydrogen (secondary N) is 1. The second-order valence-electron chi connectivity index (χ2n) is 2.51. The lowest BCUT2D eigenvalue weighted by molar-refractivity contribution is 1.52. The largest absolute Gasteiger partial charge is 0.336 e. The first-order chi connectivity index (χ1) is 6.13. The van der Waals surface area contributed by atoms with Gasteiger partial charge < -0.3 is 4.72 Å². The van der Waals surface area contributed by atoms with Crippen molar-refractivity contribution in [3.63, 3.8) is 0 Å². The summed E-state index contributed by atoms with van der Waals surface area (Å²) in [5, 5.41) is 1.15. The van der Waals surface area contributed by atoms with Gasteiger partial charge in [0, 0.05) is 11.4 Å². The van der Waals surface area contributed by atoms with E-state index in [1.54, 1.807) is 6.07 Å². The zero-order valence-electron chi connectivity index (χ0n) is 7.31. The van der Waals surface area contributed by atoms with Gasteiger partial charge in [0.25, 0.3) is 0 Å². The number of hydrogen-bond acceptors (Lipinski definition) is 1. The van der Waals surface area contributed by atoms with Gasteiger partial charge in [-0.15, -0.1) is 10.7 Å². The third-order valence-electron chi connectivity index (χ3n) is 1.53. The quantitative estimate of drug-likeness (QED) is 0.781. The van der Waals surface area contributed by atoms with Gasteiger partial charge in [0.1, 0.15) is 0 Å². The van der Waals surface area contributed by atoms with E-state index in [-0.39, 0.29) is 10.7 Å². The number of rotatable bonds is 3. The van der Waals surface area contributed by atoms with Crippen LogP contribution >= 0.6 is 33.9 Å². The predicted molar refractivity (Wildman–Crippen MR) is 65.3 cm³/mol. The Labute approximate surface area is 91.1 Å². The molecular formula is C9H11Cl2NS. The topological polar surface area (TPSA) is 12.0 Å². The van der Waals surface area contributed by atoms with Gasteiger partial charge in [-0.05, 0) is 18.2 Å². The zero-order valence-corrected chi connectivity index (χ0v) is 9.64. The molecule has 1 nitrogen and oxygen atoms in total. The highest BCUT2D eigenvalue weighted by Gasteiger charge is 1.98. The van der Waals surface area contributed by atoms with Gasteiger partial charge in [-0.1, -0.05) is 36.0 Å². The predicted octanol–water partition coefficient (Wildman–Crippen LogP) is 4.04. The standard InChI is InChI=1S/C9H11Cl2NS/c1-3-13(2)12-7-4-5-8(10)9(11)6-7/h4-6,12H,2-3H2,1H3. The van der Waals surface area contributed by atoms with Crippen molar-refractivity contribution in [2.75, 3.05) is 10.5 Å². The first-order valence-electron chi connectivity index (χ1n) is 3.85. The molecule has 0 aliphatic rings. The van der Waals surface area contributed by atoms with Crippen LogP contribution in [0.2, 0.25) is 10.0 Å². The molecule has 1 rings (SSSR count). The third-order valence-corrected chi connectivity index (χ3v) is 3.49. The van der Waals surface area contributed by atoms with E-state index in [0.717, 1.165) is 11.4 Å². The summed E-state index contributed by atoms with van der Waals surface area (Å²) in [6.45, 7) is 2.08. The number of benzene rings is 1. The van der Waals surface area contributed by atoms with Crippen LogP contribution < -0.4 is 4.72 Å². The van der Waals surface area contributed by atoms with E-state index in [1.807, 2.05) is 12.1 Å². The molecule has 0 saturated heterocycles. The third kappa shape index (κ3) is 3.22. The first kappa shape index (κ1) is 10.9. The molecule has 0 saturated carbocycles. The van der Waals surface area contributed by atoms with E-state index >= 15 is 0 Å². The summed E-state index contributed by atoms with van der Waals surface area (Å²) in [5.74, 6) is 4.94. The molecule has 0 amide bonds. The van der Waals surface area contributed by atoms with E-state index in [2.05, 4.69) is 17.5 Å². The van der Waals surface area contributed by atoms with E-state index in [1.165, 1.54) is 0 Å². The lowest BCUT2D eigenvalue weighted by Crippen LogP contribution is -1.90. The summed E-state index contributed by atoms with van der Waals surface area (Å²) in [4.78, 5) is 0. The number of halogens is 2. The van der Waals surface area contributed by atoms with E-state index < -0.39 is 0 Å². The van der Waals surface area contributed by atoms with Crippen molar-refractivity contribution in [1.82, 2.24) is 0 Å². The van der Waals surface area contributed by atoms with E-state index in [9.17, 15) is 0 Å². The molecule has 72 valence electrons. The van der Waals surface area contributed by atoms with Crippen LogP contribution in [0.15, 0.2) is 18.2 Å². The summed E-state index contributed by atoms with van der Waals surface area (Å²) < 4.78 is 3.23. The Hall–Kier alpha value is -0.180. The molecule has 1 aromatic carbocycles. The maximum atomic E-state index is 5.85. The van der Waals surface area contributed by atoms with E-state index in [4.69, 9.17) is 23.2 Å². The highest BCUT2D eigenvalue weighted by Crippen LogP contribution is 2.27. The second kappa shape index (κ2) is 4.89. The fourth-order valence-corrected chi connectivity index (χ4v) is 1.70. The van der Waals surface area contributed by atoms with Gasteiger partial charge in [0.15, 0.2) is 0 Å². The first-order valence-corrected chi connectivity index (χ1v) is 6.17. The van der Waals surface area contributed by atoms with Crippen LogP contribution in [0.1, 0.15) is 6.92 Å². The molecule has 0 fully saturated rings. The van der Waals surface area contributed by atoms with Crippen molar-refractivity contribution in [2.24, 2.45) is 0 Å². The molecule has 13 heavy (non-hydrogen) atoms. The van der Waals surface area contributed by atoms with Gasteiger partial charge in [0.05, 0.1) is 10.0 Å². The summed E-state index contributed by atoms with van der Waals surface area (Å²) in [6, 6.07) is 5.48. The van der Waals surface area contributed by atoms with Gasteiger partial charge >= 0.3 is 0 Å². The normalized spacial score (nSPS) is 12.5. The Balaban J connectivity index is 2.79. The van der Waals surface area contributed by atoms with Crippen molar-refractivity contribution in [1.29, 1.82) is 0 Å². The summed E-state index contributed by atoms with van der Waals surface area (Å²) in [7, 11) is -0.0446. The molecule has 0 aromatic heterocycles. The van der Waals surface area contributed by atoms with Crippen LogP contribution in [-0.4, -0.2) is 11.6 Å². The fourth-order valence-electron chi connectivity index (χ4n) is 0.798. The molecule has 1 atom stereocenters. The lowest BCUT2D eigenvalue weighted by atomic mass is 10.3. The molecule has 0 radical (unpaired) electrons. The lowest BCUT2D eigenvalue weighted by Gasteiger charge is -2.08. The SMILES string of the molecule is C=S(CC)Nc1ccc(Cl)c(Cl)c1. The summed E-state index contributed by atoms with van der Waals surface area (Å²) in [5.41, 5.74) is 0.967. The van der Waals surface area contributed by atoms with Crippen LogP contribution in [-0.2, 0) is 0 Å². The van der Waals surface area contributed by atoms with Crippen molar-refractivity contribution in [2.45, 2.75) is 6.92 Å². The average Bonchev–Trinajstić information content (AvgIpc) is 2.11. The van der Waals surface area contributed by atoms with Gasteiger partial charge in [-0.25, -0.2) is 0 Å². The Morgan fingerprint density at radius 3 is 2.62 bits per heavy atom. The molecule has 1 N–H and O–H groups in total. The van der Waals surface area contributed by atoms with Crippen LogP contribution in [0.3, 0.4) is 0 Å². The maximum Gasteiger partial charge on any atom is 0.0613 e. The Morgan fingerprint density at radius 1 is 1.38 bits per heavy atom. The number of anilines is 1. The van der Waals surface area contributed by atoms with Crippen LogP contribution in [0.25, 0.3) is 0 Å². The highest BCUT2D eigenvalue weighted by atomic mass is 35.5. The van der Waals surface area contributed by atoms with Crippen molar-refractivity contribution < 1.29 is 0 Å².